The Morgan fingerprint density at radius 1 is 1.00 bits per heavy atom. The fraction of sp³-hybridized carbons (Fsp3) is 0.526. The Labute approximate surface area is 154 Å². The van der Waals surface area contributed by atoms with Gasteiger partial charge in [0.15, 0.2) is 0 Å². The molecule has 1 rings (SSSR count). The molecular weight excluding hydrogens is 336 g/mol. The summed E-state index contributed by atoms with van der Waals surface area (Å²) < 4.78 is 9.84. The second kappa shape index (κ2) is 11.9. The third-order valence-electron chi connectivity index (χ3n) is 3.55. The van der Waals surface area contributed by atoms with Gasteiger partial charge in [-0.2, -0.15) is 0 Å². The molecule has 0 fully saturated rings. The fourth-order valence-corrected chi connectivity index (χ4v) is 2.24. The van der Waals surface area contributed by atoms with E-state index in [-0.39, 0.29) is 26.1 Å². The first-order chi connectivity index (χ1) is 12.5. The summed E-state index contributed by atoms with van der Waals surface area (Å²) in [6.45, 7) is 6.78. The molecule has 0 spiro atoms. The molecule has 0 aliphatic rings. The maximum absolute atomic E-state index is 12.4. The second-order valence-corrected chi connectivity index (χ2v) is 5.63. The van der Waals surface area contributed by atoms with Gasteiger partial charge >= 0.3 is 11.9 Å². The summed E-state index contributed by atoms with van der Waals surface area (Å²) in [7, 11) is 0. The van der Waals surface area contributed by atoms with Crippen molar-refractivity contribution in [3.63, 3.8) is 0 Å². The molecule has 26 heavy (non-hydrogen) atoms. The highest BCUT2D eigenvalue weighted by molar-refractivity contribution is 5.97. The van der Waals surface area contributed by atoms with Crippen LogP contribution in [0.3, 0.4) is 0 Å². The van der Waals surface area contributed by atoms with Crippen LogP contribution in [-0.4, -0.2) is 43.6 Å². The van der Waals surface area contributed by atoms with Gasteiger partial charge in [0.2, 0.25) is 0 Å². The van der Waals surface area contributed by atoms with Crippen LogP contribution in [0.2, 0.25) is 0 Å². The number of hydrogen-bond donors (Lipinski definition) is 2. The van der Waals surface area contributed by atoms with Crippen molar-refractivity contribution in [1.82, 2.24) is 5.32 Å². The van der Waals surface area contributed by atoms with Crippen LogP contribution in [0, 0.1) is 0 Å². The van der Waals surface area contributed by atoms with Gasteiger partial charge in [0.25, 0.3) is 5.91 Å². The van der Waals surface area contributed by atoms with Gasteiger partial charge in [0, 0.05) is 24.2 Å². The zero-order chi connectivity index (χ0) is 19.4. The number of ether oxygens (including phenoxy) is 2. The molecule has 7 nitrogen and oxygen atoms in total. The Hall–Kier alpha value is -2.57. The van der Waals surface area contributed by atoms with Crippen LogP contribution in [-0.2, 0) is 19.1 Å². The summed E-state index contributed by atoms with van der Waals surface area (Å²) in [5, 5.41) is 5.86. The van der Waals surface area contributed by atoms with E-state index in [0.717, 1.165) is 18.7 Å². The minimum atomic E-state index is -0.898. The van der Waals surface area contributed by atoms with Crippen LogP contribution in [0.25, 0.3) is 0 Å². The van der Waals surface area contributed by atoms with Gasteiger partial charge in [0.1, 0.15) is 6.04 Å². The number of anilines is 1. The molecule has 0 bridgehead atoms. The topological polar surface area (TPSA) is 93.7 Å². The van der Waals surface area contributed by atoms with Crippen molar-refractivity contribution in [2.24, 2.45) is 0 Å². The zero-order valence-electron chi connectivity index (χ0n) is 15.7. The molecule has 144 valence electrons. The van der Waals surface area contributed by atoms with Gasteiger partial charge in [-0.1, -0.05) is 6.92 Å². The van der Waals surface area contributed by atoms with Crippen LogP contribution in [0.1, 0.15) is 50.4 Å². The van der Waals surface area contributed by atoms with E-state index in [4.69, 9.17) is 9.47 Å². The smallest absolute Gasteiger partial charge is 0.328 e. The Bertz CT molecular complexity index is 586. The lowest BCUT2D eigenvalue weighted by Gasteiger charge is -2.17. The highest BCUT2D eigenvalue weighted by atomic mass is 16.5. The van der Waals surface area contributed by atoms with E-state index in [1.54, 1.807) is 26.0 Å². The molecular formula is C19H28N2O5. The van der Waals surface area contributed by atoms with E-state index in [1.165, 1.54) is 0 Å². The van der Waals surface area contributed by atoms with Crippen LogP contribution in [0.5, 0.6) is 0 Å². The Balaban J connectivity index is 2.70. The standard InChI is InChI=1S/C19H28N2O5/c1-4-13-20-15-9-7-14(8-10-15)18(23)21-16(19(24)26-6-3)11-12-17(22)25-5-2/h7-10,16,20H,4-6,11-13H2,1-3H3,(H,21,23)/t16-/m0/s1. The van der Waals surface area contributed by atoms with E-state index in [9.17, 15) is 14.4 Å². The Morgan fingerprint density at radius 2 is 1.65 bits per heavy atom. The summed E-state index contributed by atoms with van der Waals surface area (Å²) in [5.41, 5.74) is 1.35. The van der Waals surface area contributed by atoms with Crippen LogP contribution < -0.4 is 10.6 Å². The van der Waals surface area contributed by atoms with E-state index < -0.39 is 23.9 Å². The van der Waals surface area contributed by atoms with Gasteiger partial charge < -0.3 is 20.1 Å². The molecule has 1 aromatic rings. The first-order valence-corrected chi connectivity index (χ1v) is 8.98. The van der Waals surface area contributed by atoms with Gasteiger partial charge in [-0.25, -0.2) is 4.79 Å². The lowest BCUT2D eigenvalue weighted by molar-refractivity contribution is -0.146. The molecule has 0 saturated heterocycles. The third kappa shape index (κ3) is 7.55. The maximum atomic E-state index is 12.4. The van der Waals surface area contributed by atoms with Gasteiger partial charge in [-0.15, -0.1) is 0 Å². The minimum Gasteiger partial charge on any atom is -0.466 e. The number of hydrogen-bond acceptors (Lipinski definition) is 6. The quantitative estimate of drug-likeness (QED) is 0.586. The van der Waals surface area contributed by atoms with Crippen molar-refractivity contribution in [3.8, 4) is 0 Å². The highest BCUT2D eigenvalue weighted by Gasteiger charge is 2.23. The number of carbonyl (C=O) groups excluding carboxylic acids is 3. The van der Waals surface area contributed by atoms with Gasteiger partial charge in [-0.3, -0.25) is 9.59 Å². The predicted octanol–water partition coefficient (Wildman–Crippen LogP) is 2.51. The molecule has 0 radical (unpaired) electrons. The highest BCUT2D eigenvalue weighted by Crippen LogP contribution is 2.11. The largest absolute Gasteiger partial charge is 0.466 e. The number of esters is 2. The fourth-order valence-electron chi connectivity index (χ4n) is 2.24. The number of amides is 1. The lowest BCUT2D eigenvalue weighted by Crippen LogP contribution is -2.42. The Kier molecular flexibility index (Phi) is 9.82. The molecule has 0 unspecified atom stereocenters. The molecule has 0 heterocycles. The zero-order valence-corrected chi connectivity index (χ0v) is 15.7. The van der Waals surface area contributed by atoms with Crippen molar-refractivity contribution in [1.29, 1.82) is 0 Å². The maximum Gasteiger partial charge on any atom is 0.328 e. The minimum absolute atomic E-state index is 0.0253. The van der Waals surface area contributed by atoms with Gasteiger partial charge in [-0.05, 0) is 51.0 Å². The third-order valence-corrected chi connectivity index (χ3v) is 3.55. The van der Waals surface area contributed by atoms with Gasteiger partial charge in [0.05, 0.1) is 13.2 Å². The monoisotopic (exact) mass is 364 g/mol. The molecule has 1 aromatic carbocycles. The average Bonchev–Trinajstić information content (AvgIpc) is 2.64. The van der Waals surface area contributed by atoms with Crippen molar-refractivity contribution in [2.45, 2.75) is 46.1 Å². The summed E-state index contributed by atoms with van der Waals surface area (Å²) in [5.74, 6) is -1.37. The van der Waals surface area contributed by atoms with E-state index in [0.29, 0.717) is 5.56 Å². The molecule has 0 saturated carbocycles. The second-order valence-electron chi connectivity index (χ2n) is 5.63. The number of carbonyl (C=O) groups is 3. The number of nitrogens with one attached hydrogen (secondary N) is 2. The SMILES string of the molecule is CCCNc1ccc(C(=O)N[C@@H](CCC(=O)OCC)C(=O)OCC)cc1. The molecule has 1 amide bonds. The summed E-state index contributed by atoms with van der Waals surface area (Å²) >= 11 is 0. The average molecular weight is 364 g/mol. The molecule has 7 heteroatoms. The first kappa shape index (κ1) is 21.5. The van der Waals surface area contributed by atoms with E-state index >= 15 is 0 Å². The van der Waals surface area contributed by atoms with Crippen molar-refractivity contribution in [2.75, 3.05) is 25.1 Å². The molecule has 0 aliphatic carbocycles. The van der Waals surface area contributed by atoms with Crippen molar-refractivity contribution in [3.05, 3.63) is 29.8 Å². The summed E-state index contributed by atoms with van der Waals surface area (Å²) in [6.07, 6.45) is 1.15. The number of rotatable bonds is 11. The molecule has 2 N–H and O–H groups in total. The molecule has 0 aliphatic heterocycles. The Morgan fingerprint density at radius 3 is 2.23 bits per heavy atom. The van der Waals surface area contributed by atoms with Crippen LogP contribution in [0.4, 0.5) is 5.69 Å². The van der Waals surface area contributed by atoms with Crippen molar-refractivity contribution >= 4 is 23.5 Å². The van der Waals surface area contributed by atoms with Crippen LogP contribution in [0.15, 0.2) is 24.3 Å². The summed E-state index contributed by atoms with van der Waals surface area (Å²) in [4.78, 5) is 36.0. The predicted molar refractivity (Wildman–Crippen MR) is 99.0 cm³/mol. The van der Waals surface area contributed by atoms with E-state index in [1.807, 2.05) is 12.1 Å². The normalized spacial score (nSPS) is 11.3. The van der Waals surface area contributed by atoms with Crippen molar-refractivity contribution < 1.29 is 23.9 Å². The first-order valence-electron chi connectivity index (χ1n) is 8.98. The molecule has 0 aromatic heterocycles. The number of benzene rings is 1. The molecule has 1 atom stereocenters. The van der Waals surface area contributed by atoms with Crippen LogP contribution >= 0.6 is 0 Å². The lowest BCUT2D eigenvalue weighted by atomic mass is 10.1. The summed E-state index contributed by atoms with van der Waals surface area (Å²) in [6, 6.07) is 6.08. The van der Waals surface area contributed by atoms with E-state index in [2.05, 4.69) is 17.6 Å².